The van der Waals surface area contributed by atoms with Crippen molar-refractivity contribution in [2.24, 2.45) is 0 Å². The fourth-order valence-corrected chi connectivity index (χ4v) is 2.00. The first-order valence-electron chi connectivity index (χ1n) is 7.08. The first-order chi connectivity index (χ1) is 11.3. The number of hydrogen-bond acceptors (Lipinski definition) is 2. The summed E-state index contributed by atoms with van der Waals surface area (Å²) < 4.78 is 37.3. The van der Waals surface area contributed by atoms with E-state index in [-0.39, 0.29) is 12.2 Å². The quantitative estimate of drug-likeness (QED) is 0.899. The molecule has 0 bridgehead atoms. The fraction of sp³-hybridized carbons (Fsp3) is 0.176. The molecule has 0 aliphatic heterocycles. The molecule has 0 fully saturated rings. The Kier molecular flexibility index (Phi) is 5.23. The molecule has 0 saturated carbocycles. The number of amides is 2. The third-order valence-electron chi connectivity index (χ3n) is 3.19. The molecule has 0 unspecified atom stereocenters. The molecule has 4 nitrogen and oxygen atoms in total. The van der Waals surface area contributed by atoms with Crippen LogP contribution in [0.5, 0.6) is 0 Å². The molecule has 126 valence electrons. The summed E-state index contributed by atoms with van der Waals surface area (Å²) in [6.45, 7) is 1.56. The van der Waals surface area contributed by atoms with Gasteiger partial charge in [-0.2, -0.15) is 13.2 Å². The lowest BCUT2D eigenvalue weighted by atomic mass is 10.1. The van der Waals surface area contributed by atoms with Gasteiger partial charge >= 0.3 is 6.18 Å². The molecule has 0 saturated heterocycles. The average Bonchev–Trinajstić information content (AvgIpc) is 2.52. The van der Waals surface area contributed by atoms with Gasteiger partial charge < -0.3 is 10.6 Å². The Morgan fingerprint density at radius 1 is 1.04 bits per heavy atom. The van der Waals surface area contributed by atoms with E-state index in [1.165, 1.54) is 0 Å². The minimum atomic E-state index is -4.43. The van der Waals surface area contributed by atoms with Crippen molar-refractivity contribution in [3.8, 4) is 0 Å². The lowest BCUT2D eigenvalue weighted by molar-refractivity contribution is -0.137. The Morgan fingerprint density at radius 3 is 2.29 bits per heavy atom. The van der Waals surface area contributed by atoms with Gasteiger partial charge in [0, 0.05) is 11.3 Å². The van der Waals surface area contributed by atoms with Gasteiger partial charge in [-0.1, -0.05) is 17.7 Å². The molecule has 7 heteroatoms. The summed E-state index contributed by atoms with van der Waals surface area (Å²) in [5.41, 5.74) is 0.764. The summed E-state index contributed by atoms with van der Waals surface area (Å²) >= 11 is 0. The number of nitrogens with one attached hydrogen (secondary N) is 2. The van der Waals surface area contributed by atoms with Gasteiger partial charge in [0.05, 0.1) is 12.1 Å². The van der Waals surface area contributed by atoms with E-state index >= 15 is 0 Å². The molecule has 0 aliphatic carbocycles. The molecule has 2 aromatic rings. The number of alkyl halides is 3. The van der Waals surface area contributed by atoms with Crippen molar-refractivity contribution in [1.29, 1.82) is 0 Å². The number of hydrogen-bond donors (Lipinski definition) is 2. The molecule has 0 heterocycles. The van der Waals surface area contributed by atoms with Gasteiger partial charge in [0.25, 0.3) is 5.91 Å². The smallest absolute Gasteiger partial charge is 0.343 e. The van der Waals surface area contributed by atoms with Crippen molar-refractivity contribution in [1.82, 2.24) is 5.32 Å². The lowest BCUT2D eigenvalue weighted by Gasteiger charge is -2.09. The number of carbonyl (C=O) groups is 2. The molecule has 0 spiro atoms. The van der Waals surface area contributed by atoms with Crippen LogP contribution in [0.1, 0.15) is 21.5 Å². The molecule has 2 rings (SSSR count). The van der Waals surface area contributed by atoms with Gasteiger partial charge in [-0.05, 0) is 43.3 Å². The van der Waals surface area contributed by atoms with Gasteiger partial charge in [0.2, 0.25) is 5.91 Å². The summed E-state index contributed by atoms with van der Waals surface area (Å²) in [7, 11) is 0. The van der Waals surface area contributed by atoms with Crippen molar-refractivity contribution in [3.05, 3.63) is 65.2 Å². The molecular weight excluding hydrogens is 321 g/mol. The molecule has 2 N–H and O–H groups in total. The van der Waals surface area contributed by atoms with E-state index in [1.807, 2.05) is 13.0 Å². The third kappa shape index (κ3) is 4.84. The molecule has 0 aliphatic rings. The van der Waals surface area contributed by atoms with E-state index in [1.54, 1.807) is 18.2 Å². The van der Waals surface area contributed by atoms with E-state index in [0.29, 0.717) is 5.56 Å². The average molecular weight is 336 g/mol. The third-order valence-corrected chi connectivity index (χ3v) is 3.19. The minimum absolute atomic E-state index is 0.220. The molecule has 2 amide bonds. The molecule has 2 aromatic carbocycles. The Bertz CT molecular complexity index is 740. The summed E-state index contributed by atoms with van der Waals surface area (Å²) in [5, 5.41) is 4.87. The van der Waals surface area contributed by atoms with Crippen molar-refractivity contribution in [2.45, 2.75) is 13.1 Å². The van der Waals surface area contributed by atoms with Gasteiger partial charge in [-0.3, -0.25) is 9.59 Å². The van der Waals surface area contributed by atoms with Crippen LogP contribution in [0.2, 0.25) is 0 Å². The van der Waals surface area contributed by atoms with Crippen LogP contribution in [0.4, 0.5) is 18.9 Å². The van der Waals surface area contributed by atoms with Crippen molar-refractivity contribution in [3.63, 3.8) is 0 Å². The van der Waals surface area contributed by atoms with E-state index in [4.69, 9.17) is 0 Å². The van der Waals surface area contributed by atoms with E-state index in [2.05, 4.69) is 10.6 Å². The first kappa shape index (κ1) is 17.5. The molecule has 0 aromatic heterocycles. The van der Waals surface area contributed by atoms with Crippen LogP contribution in [-0.4, -0.2) is 18.4 Å². The predicted octanol–water partition coefficient (Wildman–Crippen LogP) is 3.38. The summed E-state index contributed by atoms with van der Waals surface area (Å²) in [4.78, 5) is 23.6. The van der Waals surface area contributed by atoms with Gasteiger partial charge in [0.1, 0.15) is 0 Å². The standard InChI is InChI=1S/C17H15F3N2O2/c1-11-3-2-4-12(9-11)16(24)21-10-15(23)22-14-7-5-13(6-8-14)17(18,19)20/h2-9H,10H2,1H3,(H,21,24)(H,22,23). The zero-order valence-corrected chi connectivity index (χ0v) is 12.8. The predicted molar refractivity (Wildman–Crippen MR) is 83.6 cm³/mol. The zero-order valence-electron chi connectivity index (χ0n) is 12.8. The minimum Gasteiger partial charge on any atom is -0.343 e. The number of anilines is 1. The first-order valence-corrected chi connectivity index (χ1v) is 7.08. The summed E-state index contributed by atoms with van der Waals surface area (Å²) in [6, 6.07) is 10.9. The van der Waals surface area contributed by atoms with Crippen LogP contribution < -0.4 is 10.6 Å². The van der Waals surface area contributed by atoms with Crippen LogP contribution in [-0.2, 0) is 11.0 Å². The maximum absolute atomic E-state index is 12.4. The topological polar surface area (TPSA) is 58.2 Å². The summed E-state index contributed by atoms with van der Waals surface area (Å²) in [5.74, 6) is -0.933. The van der Waals surface area contributed by atoms with Gasteiger partial charge in [0.15, 0.2) is 0 Å². The highest BCUT2D eigenvalue weighted by molar-refractivity contribution is 5.99. The number of aryl methyl sites for hydroxylation is 1. The SMILES string of the molecule is Cc1cccc(C(=O)NCC(=O)Nc2ccc(C(F)(F)F)cc2)c1. The Balaban J connectivity index is 1.88. The Hall–Kier alpha value is -2.83. The molecule has 0 atom stereocenters. The summed E-state index contributed by atoms with van der Waals surface area (Å²) in [6.07, 6.45) is -4.43. The van der Waals surface area contributed by atoms with Crippen molar-refractivity contribution >= 4 is 17.5 Å². The monoisotopic (exact) mass is 336 g/mol. The zero-order chi connectivity index (χ0) is 17.7. The number of halogens is 3. The van der Waals surface area contributed by atoms with Gasteiger partial charge in [-0.15, -0.1) is 0 Å². The van der Waals surface area contributed by atoms with Crippen molar-refractivity contribution in [2.75, 3.05) is 11.9 Å². The number of rotatable bonds is 4. The second kappa shape index (κ2) is 7.16. The van der Waals surface area contributed by atoms with Crippen LogP contribution in [0, 0.1) is 6.92 Å². The fourth-order valence-electron chi connectivity index (χ4n) is 2.00. The normalized spacial score (nSPS) is 11.0. The number of benzene rings is 2. The van der Waals surface area contributed by atoms with E-state index in [0.717, 1.165) is 29.8 Å². The highest BCUT2D eigenvalue weighted by atomic mass is 19.4. The van der Waals surface area contributed by atoms with Gasteiger partial charge in [-0.25, -0.2) is 0 Å². The molecule has 24 heavy (non-hydrogen) atoms. The molecular formula is C17H15F3N2O2. The highest BCUT2D eigenvalue weighted by Gasteiger charge is 2.29. The Labute approximate surface area is 136 Å². The van der Waals surface area contributed by atoms with E-state index in [9.17, 15) is 22.8 Å². The maximum Gasteiger partial charge on any atom is 0.416 e. The Morgan fingerprint density at radius 2 is 1.71 bits per heavy atom. The van der Waals surface area contributed by atoms with Crippen LogP contribution in [0.3, 0.4) is 0 Å². The van der Waals surface area contributed by atoms with Crippen LogP contribution in [0.15, 0.2) is 48.5 Å². The largest absolute Gasteiger partial charge is 0.416 e. The van der Waals surface area contributed by atoms with Crippen LogP contribution >= 0.6 is 0 Å². The van der Waals surface area contributed by atoms with Crippen molar-refractivity contribution < 1.29 is 22.8 Å². The molecule has 0 radical (unpaired) electrons. The second-order valence-electron chi connectivity index (χ2n) is 5.18. The lowest BCUT2D eigenvalue weighted by Crippen LogP contribution is -2.32. The second-order valence-corrected chi connectivity index (χ2v) is 5.18. The maximum atomic E-state index is 12.4. The number of carbonyl (C=O) groups excluding carboxylic acids is 2. The van der Waals surface area contributed by atoms with Crippen LogP contribution in [0.25, 0.3) is 0 Å². The highest BCUT2D eigenvalue weighted by Crippen LogP contribution is 2.29. The van der Waals surface area contributed by atoms with E-state index < -0.39 is 23.6 Å².